The summed E-state index contributed by atoms with van der Waals surface area (Å²) >= 11 is 6.97. The van der Waals surface area contributed by atoms with E-state index in [1.165, 1.54) is 0 Å². The van der Waals surface area contributed by atoms with Gasteiger partial charge in [-0.15, -0.1) is 0 Å². The van der Waals surface area contributed by atoms with Gasteiger partial charge in [-0.2, -0.15) is 0 Å². The van der Waals surface area contributed by atoms with Gasteiger partial charge in [-0.3, -0.25) is 4.79 Å². The second-order valence-electron chi connectivity index (χ2n) is 4.68. The summed E-state index contributed by atoms with van der Waals surface area (Å²) < 4.78 is 1.73. The number of aromatic amines is 1. The zero-order valence-corrected chi connectivity index (χ0v) is 13.9. The maximum absolute atomic E-state index is 12.8. The molecular formula is C16H11Br2NO. The summed E-state index contributed by atoms with van der Waals surface area (Å²) in [6, 6.07) is 11.6. The van der Waals surface area contributed by atoms with Crippen LogP contribution in [0, 0.1) is 6.92 Å². The first kappa shape index (κ1) is 13.6. The van der Waals surface area contributed by atoms with Crippen LogP contribution in [0.5, 0.6) is 0 Å². The number of rotatable bonds is 2. The van der Waals surface area contributed by atoms with Crippen molar-refractivity contribution < 1.29 is 4.79 Å². The summed E-state index contributed by atoms with van der Waals surface area (Å²) in [5.74, 6) is 0.0127. The Morgan fingerprint density at radius 3 is 2.65 bits per heavy atom. The number of carbonyl (C=O) groups is 1. The van der Waals surface area contributed by atoms with Gasteiger partial charge in [-0.05, 0) is 31.2 Å². The van der Waals surface area contributed by atoms with Crippen LogP contribution in [0.2, 0.25) is 0 Å². The van der Waals surface area contributed by atoms with Gasteiger partial charge in [0.25, 0.3) is 0 Å². The lowest BCUT2D eigenvalue weighted by molar-refractivity contribution is 0.103. The molecule has 1 heterocycles. The lowest BCUT2D eigenvalue weighted by atomic mass is 10.0. The molecule has 0 unspecified atom stereocenters. The van der Waals surface area contributed by atoms with Gasteiger partial charge in [0.1, 0.15) is 0 Å². The molecule has 0 atom stereocenters. The number of hydrogen-bond acceptors (Lipinski definition) is 1. The van der Waals surface area contributed by atoms with Crippen molar-refractivity contribution in [2.45, 2.75) is 6.92 Å². The number of aryl methyl sites for hydroxylation is 1. The number of fused-ring (bicyclic) bond motifs is 1. The van der Waals surface area contributed by atoms with E-state index in [0.29, 0.717) is 11.1 Å². The number of aromatic nitrogens is 1. The molecule has 0 saturated heterocycles. The molecule has 20 heavy (non-hydrogen) atoms. The molecule has 0 radical (unpaired) electrons. The quantitative estimate of drug-likeness (QED) is 0.595. The summed E-state index contributed by atoms with van der Waals surface area (Å²) in [6.07, 6.45) is 1.77. The summed E-state index contributed by atoms with van der Waals surface area (Å²) in [7, 11) is 0. The van der Waals surface area contributed by atoms with Gasteiger partial charge in [0, 0.05) is 37.2 Å². The average molecular weight is 393 g/mol. The van der Waals surface area contributed by atoms with E-state index < -0.39 is 0 Å². The van der Waals surface area contributed by atoms with Crippen molar-refractivity contribution in [1.29, 1.82) is 0 Å². The van der Waals surface area contributed by atoms with Crippen molar-refractivity contribution in [2.24, 2.45) is 0 Å². The Hall–Kier alpha value is -1.39. The lowest BCUT2D eigenvalue weighted by Crippen LogP contribution is -2.02. The van der Waals surface area contributed by atoms with Crippen LogP contribution in [0.4, 0.5) is 0 Å². The molecule has 0 aliphatic rings. The summed E-state index contributed by atoms with van der Waals surface area (Å²) in [5.41, 5.74) is 3.38. The Balaban J connectivity index is 2.21. The predicted molar refractivity (Wildman–Crippen MR) is 88.3 cm³/mol. The van der Waals surface area contributed by atoms with E-state index >= 15 is 0 Å². The molecule has 0 spiro atoms. The number of hydrogen-bond donors (Lipinski definition) is 1. The number of H-pyrrole nitrogens is 1. The van der Waals surface area contributed by atoms with E-state index in [9.17, 15) is 4.79 Å². The molecule has 1 N–H and O–H groups in total. The van der Waals surface area contributed by atoms with E-state index in [2.05, 4.69) is 36.8 Å². The largest absolute Gasteiger partial charge is 0.360 e. The van der Waals surface area contributed by atoms with Gasteiger partial charge < -0.3 is 4.98 Å². The second kappa shape index (κ2) is 5.19. The first-order valence-electron chi connectivity index (χ1n) is 6.14. The highest BCUT2D eigenvalue weighted by molar-refractivity contribution is 9.11. The molecule has 100 valence electrons. The Morgan fingerprint density at radius 2 is 1.85 bits per heavy atom. The second-order valence-corrected chi connectivity index (χ2v) is 6.39. The first-order valence-corrected chi connectivity index (χ1v) is 7.73. The van der Waals surface area contributed by atoms with Crippen molar-refractivity contribution in [3.05, 3.63) is 68.2 Å². The average Bonchev–Trinajstić information content (AvgIpc) is 2.86. The highest BCUT2D eigenvalue weighted by Crippen LogP contribution is 2.30. The van der Waals surface area contributed by atoms with Crippen molar-refractivity contribution in [3.63, 3.8) is 0 Å². The number of carbonyl (C=O) groups excluding carboxylic acids is 1. The fourth-order valence-electron chi connectivity index (χ4n) is 2.28. The lowest BCUT2D eigenvalue weighted by Gasteiger charge is -2.05. The van der Waals surface area contributed by atoms with Gasteiger partial charge in [0.2, 0.25) is 0 Å². The fourth-order valence-corrected chi connectivity index (χ4v) is 3.28. The van der Waals surface area contributed by atoms with Crippen LogP contribution in [-0.4, -0.2) is 10.8 Å². The highest BCUT2D eigenvalue weighted by atomic mass is 79.9. The van der Waals surface area contributed by atoms with Crippen LogP contribution in [0.15, 0.2) is 51.5 Å². The molecule has 3 aromatic rings. The van der Waals surface area contributed by atoms with Gasteiger partial charge in [-0.25, -0.2) is 0 Å². The fraction of sp³-hybridized carbons (Fsp3) is 0.0625. The highest BCUT2D eigenvalue weighted by Gasteiger charge is 2.18. The van der Waals surface area contributed by atoms with Crippen molar-refractivity contribution in [3.8, 4) is 0 Å². The minimum Gasteiger partial charge on any atom is -0.360 e. The maximum Gasteiger partial charge on any atom is 0.196 e. The maximum atomic E-state index is 12.8. The molecule has 0 aliphatic heterocycles. The molecule has 0 aliphatic carbocycles. The number of ketones is 1. The standard InChI is InChI=1S/C16H11Br2NO/c1-9-5-6-12(17)10(7-9)16(20)11-8-19-14-4-2-3-13(18)15(11)14/h2-8,19H,1H3. The molecule has 4 heteroatoms. The van der Waals surface area contributed by atoms with Crippen molar-refractivity contribution in [2.75, 3.05) is 0 Å². The Kier molecular flexibility index (Phi) is 3.52. The summed E-state index contributed by atoms with van der Waals surface area (Å²) in [4.78, 5) is 15.9. The molecule has 0 saturated carbocycles. The SMILES string of the molecule is Cc1ccc(Br)c(C(=O)c2c[nH]c3cccc(Br)c23)c1. The summed E-state index contributed by atoms with van der Waals surface area (Å²) in [5, 5.41) is 0.922. The van der Waals surface area contributed by atoms with E-state index in [1.54, 1.807) is 6.20 Å². The third-order valence-electron chi connectivity index (χ3n) is 3.27. The zero-order chi connectivity index (χ0) is 14.3. The summed E-state index contributed by atoms with van der Waals surface area (Å²) in [6.45, 7) is 1.98. The van der Waals surface area contributed by atoms with Crippen LogP contribution in [0.3, 0.4) is 0 Å². The van der Waals surface area contributed by atoms with Crippen molar-refractivity contribution in [1.82, 2.24) is 4.98 Å². The van der Waals surface area contributed by atoms with E-state index in [0.717, 1.165) is 25.4 Å². The van der Waals surface area contributed by atoms with Crippen LogP contribution in [0.25, 0.3) is 10.9 Å². The topological polar surface area (TPSA) is 32.9 Å². The van der Waals surface area contributed by atoms with Gasteiger partial charge in [-0.1, -0.05) is 49.6 Å². The minimum atomic E-state index is 0.0127. The Bertz CT molecular complexity index is 820. The number of halogens is 2. The minimum absolute atomic E-state index is 0.0127. The molecule has 2 nitrogen and oxygen atoms in total. The van der Waals surface area contributed by atoms with Crippen LogP contribution in [-0.2, 0) is 0 Å². The smallest absolute Gasteiger partial charge is 0.196 e. The molecule has 1 aromatic heterocycles. The van der Waals surface area contributed by atoms with Gasteiger partial charge >= 0.3 is 0 Å². The molecule has 2 aromatic carbocycles. The molecule has 3 rings (SSSR count). The van der Waals surface area contributed by atoms with E-state index in [4.69, 9.17) is 0 Å². The monoisotopic (exact) mass is 391 g/mol. The van der Waals surface area contributed by atoms with Crippen LogP contribution < -0.4 is 0 Å². The normalized spacial score (nSPS) is 10.9. The third-order valence-corrected chi connectivity index (χ3v) is 4.62. The molecular weight excluding hydrogens is 382 g/mol. The predicted octanol–water partition coefficient (Wildman–Crippen LogP) is 5.23. The molecule has 0 fully saturated rings. The van der Waals surface area contributed by atoms with Crippen LogP contribution in [0.1, 0.15) is 21.5 Å². The Morgan fingerprint density at radius 1 is 1.05 bits per heavy atom. The van der Waals surface area contributed by atoms with Crippen LogP contribution >= 0.6 is 31.9 Å². The molecule has 0 amide bonds. The van der Waals surface area contributed by atoms with E-state index in [-0.39, 0.29) is 5.78 Å². The van der Waals surface area contributed by atoms with Crippen molar-refractivity contribution >= 4 is 48.5 Å². The Labute approximate surface area is 133 Å². The van der Waals surface area contributed by atoms with E-state index in [1.807, 2.05) is 43.3 Å². The zero-order valence-electron chi connectivity index (χ0n) is 10.7. The number of benzene rings is 2. The number of nitrogens with one attached hydrogen (secondary N) is 1. The molecule has 0 bridgehead atoms. The first-order chi connectivity index (χ1) is 9.58. The van der Waals surface area contributed by atoms with Gasteiger partial charge in [0.15, 0.2) is 5.78 Å². The van der Waals surface area contributed by atoms with Gasteiger partial charge in [0.05, 0.1) is 0 Å². The third kappa shape index (κ3) is 2.23.